The molecule has 84 valence electrons. The third kappa shape index (κ3) is 2.16. The van der Waals surface area contributed by atoms with Crippen molar-refractivity contribution < 1.29 is 4.74 Å². The summed E-state index contributed by atoms with van der Waals surface area (Å²) in [6.07, 6.45) is 4.58. The van der Waals surface area contributed by atoms with Crippen LogP contribution in [0.5, 0.6) is 0 Å². The van der Waals surface area contributed by atoms with Crippen LogP contribution < -0.4 is 0 Å². The zero-order valence-electron chi connectivity index (χ0n) is 9.54. The van der Waals surface area contributed by atoms with Crippen LogP contribution in [0.3, 0.4) is 0 Å². The first kappa shape index (κ1) is 10.9. The SMILES string of the molecule is CC1CCCC(C#N)(N2CCOCC2)C1. The van der Waals surface area contributed by atoms with Gasteiger partial charge in [-0.3, -0.25) is 4.90 Å². The summed E-state index contributed by atoms with van der Waals surface area (Å²) in [5.74, 6) is 0.696. The molecule has 0 aromatic carbocycles. The molecule has 0 amide bonds. The van der Waals surface area contributed by atoms with Crippen LogP contribution in [0, 0.1) is 17.2 Å². The minimum absolute atomic E-state index is 0.179. The van der Waals surface area contributed by atoms with Crippen molar-refractivity contribution >= 4 is 0 Å². The van der Waals surface area contributed by atoms with E-state index in [0.717, 1.165) is 39.1 Å². The van der Waals surface area contributed by atoms with Gasteiger partial charge in [0.05, 0.1) is 19.3 Å². The maximum Gasteiger partial charge on any atom is 0.109 e. The first-order valence-corrected chi connectivity index (χ1v) is 6.01. The molecular weight excluding hydrogens is 188 g/mol. The average molecular weight is 208 g/mol. The second-order valence-electron chi connectivity index (χ2n) is 4.94. The van der Waals surface area contributed by atoms with Crippen molar-refractivity contribution in [3.63, 3.8) is 0 Å². The van der Waals surface area contributed by atoms with E-state index in [1.165, 1.54) is 12.8 Å². The molecule has 0 radical (unpaired) electrons. The summed E-state index contributed by atoms with van der Waals surface area (Å²) in [7, 11) is 0. The minimum atomic E-state index is -0.179. The number of nitrogens with zero attached hydrogens (tertiary/aromatic N) is 2. The van der Waals surface area contributed by atoms with Gasteiger partial charge >= 0.3 is 0 Å². The Balaban J connectivity index is 2.09. The molecule has 0 aromatic heterocycles. The maximum absolute atomic E-state index is 9.48. The van der Waals surface area contributed by atoms with Gasteiger partial charge in [-0.15, -0.1) is 0 Å². The lowest BCUT2D eigenvalue weighted by molar-refractivity contribution is -0.0211. The van der Waals surface area contributed by atoms with Crippen molar-refractivity contribution in [1.29, 1.82) is 5.26 Å². The summed E-state index contributed by atoms with van der Waals surface area (Å²) in [6.45, 7) is 5.71. The van der Waals surface area contributed by atoms with E-state index in [1.54, 1.807) is 0 Å². The molecule has 0 N–H and O–H groups in total. The Kier molecular flexibility index (Phi) is 3.28. The summed E-state index contributed by atoms with van der Waals surface area (Å²) in [5, 5.41) is 9.48. The molecular formula is C12H20N2O. The molecule has 2 unspecified atom stereocenters. The molecule has 2 atom stereocenters. The minimum Gasteiger partial charge on any atom is -0.379 e. The van der Waals surface area contributed by atoms with Gasteiger partial charge in [-0.2, -0.15) is 5.26 Å². The molecule has 2 aliphatic rings. The van der Waals surface area contributed by atoms with E-state index in [-0.39, 0.29) is 5.54 Å². The topological polar surface area (TPSA) is 36.3 Å². The van der Waals surface area contributed by atoms with Crippen LogP contribution in [0.2, 0.25) is 0 Å². The van der Waals surface area contributed by atoms with Gasteiger partial charge in [0.15, 0.2) is 0 Å². The Labute approximate surface area is 92.0 Å². The van der Waals surface area contributed by atoms with Crippen molar-refractivity contribution in [2.24, 2.45) is 5.92 Å². The Hall–Kier alpha value is -0.590. The summed E-state index contributed by atoms with van der Waals surface area (Å²) in [6, 6.07) is 2.59. The molecule has 0 aromatic rings. The van der Waals surface area contributed by atoms with Crippen LogP contribution in [0.15, 0.2) is 0 Å². The van der Waals surface area contributed by atoms with E-state index in [1.807, 2.05) is 0 Å². The Morgan fingerprint density at radius 2 is 2.13 bits per heavy atom. The molecule has 2 rings (SSSR count). The van der Waals surface area contributed by atoms with Gasteiger partial charge in [0, 0.05) is 13.1 Å². The predicted octanol–water partition coefficient (Wildman–Crippen LogP) is 1.79. The molecule has 3 heteroatoms. The smallest absolute Gasteiger partial charge is 0.109 e. The van der Waals surface area contributed by atoms with Crippen molar-refractivity contribution in [2.45, 2.75) is 38.1 Å². The van der Waals surface area contributed by atoms with Crippen LogP contribution in [-0.2, 0) is 4.74 Å². The molecule has 1 aliphatic carbocycles. The Bertz CT molecular complexity index is 255. The normalized spacial score (nSPS) is 38.5. The van der Waals surface area contributed by atoms with E-state index in [4.69, 9.17) is 4.74 Å². The van der Waals surface area contributed by atoms with Crippen molar-refractivity contribution in [1.82, 2.24) is 4.90 Å². The summed E-state index contributed by atoms with van der Waals surface area (Å²) in [5.41, 5.74) is -0.179. The van der Waals surface area contributed by atoms with Gasteiger partial charge in [-0.05, 0) is 18.8 Å². The number of nitriles is 1. The fourth-order valence-corrected chi connectivity index (χ4v) is 2.97. The van der Waals surface area contributed by atoms with Gasteiger partial charge in [0.2, 0.25) is 0 Å². The highest BCUT2D eigenvalue weighted by molar-refractivity contribution is 5.11. The summed E-state index contributed by atoms with van der Waals surface area (Å²) in [4.78, 5) is 2.35. The number of ether oxygens (including phenoxy) is 1. The summed E-state index contributed by atoms with van der Waals surface area (Å²) < 4.78 is 5.36. The highest BCUT2D eigenvalue weighted by atomic mass is 16.5. The third-order valence-electron chi connectivity index (χ3n) is 3.80. The van der Waals surface area contributed by atoms with E-state index in [9.17, 15) is 5.26 Å². The van der Waals surface area contributed by atoms with Crippen LogP contribution >= 0.6 is 0 Å². The molecule has 1 saturated carbocycles. The second kappa shape index (κ2) is 4.51. The van der Waals surface area contributed by atoms with E-state index in [2.05, 4.69) is 17.9 Å². The first-order valence-electron chi connectivity index (χ1n) is 6.01. The van der Waals surface area contributed by atoms with E-state index in [0.29, 0.717) is 5.92 Å². The van der Waals surface area contributed by atoms with Crippen LogP contribution in [-0.4, -0.2) is 36.7 Å². The molecule has 3 nitrogen and oxygen atoms in total. The molecule has 0 spiro atoms. The monoisotopic (exact) mass is 208 g/mol. The van der Waals surface area contributed by atoms with Gasteiger partial charge in [0.1, 0.15) is 5.54 Å². The first-order chi connectivity index (χ1) is 7.27. The molecule has 2 fully saturated rings. The second-order valence-corrected chi connectivity index (χ2v) is 4.94. The van der Waals surface area contributed by atoms with Crippen LogP contribution in [0.1, 0.15) is 32.6 Å². The van der Waals surface area contributed by atoms with Crippen molar-refractivity contribution in [3.05, 3.63) is 0 Å². The maximum atomic E-state index is 9.48. The van der Waals surface area contributed by atoms with Crippen molar-refractivity contribution in [3.8, 4) is 6.07 Å². The molecule has 1 saturated heterocycles. The van der Waals surface area contributed by atoms with Gasteiger partial charge in [-0.25, -0.2) is 0 Å². The number of hydrogen-bond donors (Lipinski definition) is 0. The Morgan fingerprint density at radius 1 is 1.40 bits per heavy atom. The zero-order chi connectivity index (χ0) is 10.7. The van der Waals surface area contributed by atoms with Crippen LogP contribution in [0.25, 0.3) is 0 Å². The van der Waals surface area contributed by atoms with Gasteiger partial charge < -0.3 is 4.74 Å². The van der Waals surface area contributed by atoms with E-state index < -0.39 is 0 Å². The predicted molar refractivity (Wildman–Crippen MR) is 58.4 cm³/mol. The molecule has 1 heterocycles. The molecule has 1 aliphatic heterocycles. The molecule has 15 heavy (non-hydrogen) atoms. The Morgan fingerprint density at radius 3 is 2.73 bits per heavy atom. The van der Waals surface area contributed by atoms with Crippen LogP contribution in [0.4, 0.5) is 0 Å². The highest BCUT2D eigenvalue weighted by Gasteiger charge is 2.40. The number of hydrogen-bond acceptors (Lipinski definition) is 3. The number of morpholine rings is 1. The standard InChI is InChI=1S/C12H20N2O/c1-11-3-2-4-12(9-11,10-13)14-5-7-15-8-6-14/h11H,2-9H2,1H3. The lowest BCUT2D eigenvalue weighted by atomic mass is 9.76. The fourth-order valence-electron chi connectivity index (χ4n) is 2.97. The molecule has 0 bridgehead atoms. The lowest BCUT2D eigenvalue weighted by Crippen LogP contribution is -2.54. The van der Waals surface area contributed by atoms with Gasteiger partial charge in [0.25, 0.3) is 0 Å². The largest absolute Gasteiger partial charge is 0.379 e. The lowest BCUT2D eigenvalue weighted by Gasteiger charge is -2.44. The van der Waals surface area contributed by atoms with Crippen molar-refractivity contribution in [2.75, 3.05) is 26.3 Å². The van der Waals surface area contributed by atoms with E-state index >= 15 is 0 Å². The quantitative estimate of drug-likeness (QED) is 0.659. The van der Waals surface area contributed by atoms with Gasteiger partial charge in [-0.1, -0.05) is 19.8 Å². The highest BCUT2D eigenvalue weighted by Crippen LogP contribution is 2.36. The number of rotatable bonds is 1. The fraction of sp³-hybridized carbons (Fsp3) is 0.917. The zero-order valence-corrected chi connectivity index (χ0v) is 9.54. The average Bonchev–Trinajstić information content (AvgIpc) is 2.30. The summed E-state index contributed by atoms with van der Waals surface area (Å²) >= 11 is 0. The third-order valence-corrected chi connectivity index (χ3v) is 3.80.